The number of carboxylic acids is 1. The molecule has 150 valence electrons. The zero-order valence-electron chi connectivity index (χ0n) is 16.2. The van der Waals surface area contributed by atoms with Gasteiger partial charge in [0.05, 0.1) is 13.0 Å². The predicted molar refractivity (Wildman–Crippen MR) is 111 cm³/mol. The molecule has 2 N–H and O–H groups in total. The Morgan fingerprint density at radius 3 is 2.27 bits per heavy atom. The average molecular weight is 386 g/mol. The minimum Gasteiger partial charge on any atom is -0.494 e. The van der Waals surface area contributed by atoms with Crippen molar-refractivity contribution in [3.8, 4) is 5.75 Å². The number of hydrogen-bond acceptors (Lipinski definition) is 3. The summed E-state index contributed by atoms with van der Waals surface area (Å²) in [5.74, 6) is 0.203. The van der Waals surface area contributed by atoms with Gasteiger partial charge in [0, 0.05) is 6.54 Å². The van der Waals surface area contributed by atoms with Crippen molar-refractivity contribution in [2.45, 2.75) is 71.1 Å². The Morgan fingerprint density at radius 1 is 0.962 bits per heavy atom. The van der Waals surface area contributed by atoms with Gasteiger partial charge in [-0.15, -0.1) is 12.4 Å². The molecule has 1 aromatic rings. The first kappa shape index (κ1) is 24.7. The number of ether oxygens (including phenoxy) is 1. The van der Waals surface area contributed by atoms with E-state index in [0.29, 0.717) is 6.54 Å². The van der Waals surface area contributed by atoms with Crippen molar-refractivity contribution < 1.29 is 14.6 Å². The summed E-state index contributed by atoms with van der Waals surface area (Å²) in [7, 11) is 0. The highest BCUT2D eigenvalue weighted by atomic mass is 35.5. The summed E-state index contributed by atoms with van der Waals surface area (Å²) in [5.41, 5.74) is 1.29. The van der Waals surface area contributed by atoms with Crippen molar-refractivity contribution >= 4 is 18.4 Å². The lowest BCUT2D eigenvalue weighted by Crippen LogP contribution is -2.19. The van der Waals surface area contributed by atoms with Crippen molar-refractivity contribution in [1.29, 1.82) is 0 Å². The number of halogens is 1. The van der Waals surface area contributed by atoms with Gasteiger partial charge >= 0.3 is 5.97 Å². The van der Waals surface area contributed by atoms with Crippen molar-refractivity contribution in [3.05, 3.63) is 29.8 Å². The zero-order valence-corrected chi connectivity index (χ0v) is 17.0. The van der Waals surface area contributed by atoms with E-state index in [1.807, 2.05) is 0 Å². The number of hydrogen-bond donors (Lipinski definition) is 2. The van der Waals surface area contributed by atoms with E-state index >= 15 is 0 Å². The van der Waals surface area contributed by atoms with Gasteiger partial charge in [-0.1, -0.05) is 57.6 Å². The molecule has 0 aliphatic heterocycles. The number of unbranched alkanes of at least 4 members (excludes halogenated alkanes) is 6. The maximum absolute atomic E-state index is 10.4. The fraction of sp³-hybridized carbons (Fsp3) is 0.667. The summed E-state index contributed by atoms with van der Waals surface area (Å²) in [4.78, 5) is 10.4. The first-order valence-corrected chi connectivity index (χ1v) is 9.86. The SMILES string of the molecule is CCCCCCCCCOc1ccc(CCCNCCC(=O)O)cc1.Cl. The normalized spacial score (nSPS) is 10.3. The lowest BCUT2D eigenvalue weighted by atomic mass is 10.1. The largest absolute Gasteiger partial charge is 0.494 e. The summed E-state index contributed by atoms with van der Waals surface area (Å²) in [6, 6.07) is 8.34. The van der Waals surface area contributed by atoms with Crippen LogP contribution in [0.3, 0.4) is 0 Å². The van der Waals surface area contributed by atoms with Gasteiger partial charge in [0.2, 0.25) is 0 Å². The quantitative estimate of drug-likeness (QED) is 0.382. The van der Waals surface area contributed by atoms with E-state index in [1.165, 1.54) is 44.1 Å². The molecule has 5 heteroatoms. The number of aryl methyl sites for hydroxylation is 1. The topological polar surface area (TPSA) is 58.6 Å². The number of nitrogens with one attached hydrogen (secondary N) is 1. The molecule has 0 saturated carbocycles. The smallest absolute Gasteiger partial charge is 0.304 e. The molecule has 0 radical (unpaired) electrons. The van der Waals surface area contributed by atoms with Crippen LogP contribution in [-0.4, -0.2) is 30.8 Å². The van der Waals surface area contributed by atoms with Crippen molar-refractivity contribution in [3.63, 3.8) is 0 Å². The van der Waals surface area contributed by atoms with Crippen LogP contribution in [0.4, 0.5) is 0 Å². The molecule has 0 bridgehead atoms. The van der Waals surface area contributed by atoms with E-state index in [2.05, 4.69) is 36.5 Å². The molecular formula is C21H36ClNO3. The second kappa shape index (κ2) is 17.2. The molecule has 0 heterocycles. The first-order valence-electron chi connectivity index (χ1n) is 9.86. The standard InChI is InChI=1S/C21H35NO3.ClH/c1-2-3-4-5-6-7-8-18-25-20-13-11-19(12-14-20)10-9-16-22-17-15-21(23)24;/h11-14,22H,2-10,15-18H2,1H3,(H,23,24);1H. The van der Waals surface area contributed by atoms with Crippen LogP contribution in [0.2, 0.25) is 0 Å². The van der Waals surface area contributed by atoms with E-state index in [4.69, 9.17) is 9.84 Å². The molecule has 0 saturated heterocycles. The molecule has 0 spiro atoms. The highest BCUT2D eigenvalue weighted by Crippen LogP contribution is 2.14. The Hall–Kier alpha value is -1.26. The first-order chi connectivity index (χ1) is 12.2. The number of carboxylic acid groups (broad SMARTS) is 1. The van der Waals surface area contributed by atoms with E-state index in [9.17, 15) is 4.79 Å². The van der Waals surface area contributed by atoms with Gasteiger partial charge in [0.25, 0.3) is 0 Å². The van der Waals surface area contributed by atoms with Gasteiger partial charge in [-0.2, -0.15) is 0 Å². The Balaban J connectivity index is 0.00000625. The van der Waals surface area contributed by atoms with Crippen LogP contribution in [0.1, 0.15) is 70.3 Å². The molecule has 0 aliphatic rings. The van der Waals surface area contributed by atoms with Crippen LogP contribution in [0, 0.1) is 0 Å². The molecule has 1 rings (SSSR count). The lowest BCUT2D eigenvalue weighted by molar-refractivity contribution is -0.136. The van der Waals surface area contributed by atoms with Crippen LogP contribution in [-0.2, 0) is 11.2 Å². The average Bonchev–Trinajstić information content (AvgIpc) is 2.61. The molecule has 0 aliphatic carbocycles. The second-order valence-corrected chi connectivity index (χ2v) is 6.61. The molecule has 4 nitrogen and oxygen atoms in total. The van der Waals surface area contributed by atoms with Gasteiger partial charge in [-0.05, 0) is 43.5 Å². The summed E-state index contributed by atoms with van der Waals surface area (Å²) in [6.07, 6.45) is 11.3. The molecule has 0 atom stereocenters. The lowest BCUT2D eigenvalue weighted by Gasteiger charge is -2.08. The fourth-order valence-electron chi connectivity index (χ4n) is 2.74. The third-order valence-corrected chi connectivity index (χ3v) is 4.27. The van der Waals surface area contributed by atoms with Gasteiger partial charge in [0.1, 0.15) is 5.75 Å². The van der Waals surface area contributed by atoms with Gasteiger partial charge in [-0.25, -0.2) is 0 Å². The summed E-state index contributed by atoms with van der Waals surface area (Å²) >= 11 is 0. The Kier molecular flexibility index (Phi) is 16.3. The minimum atomic E-state index is -0.750. The van der Waals surface area contributed by atoms with E-state index in [-0.39, 0.29) is 18.8 Å². The van der Waals surface area contributed by atoms with E-state index in [0.717, 1.165) is 38.2 Å². The molecule has 0 unspecified atom stereocenters. The second-order valence-electron chi connectivity index (χ2n) is 6.61. The molecule has 0 fully saturated rings. The third kappa shape index (κ3) is 14.0. The van der Waals surface area contributed by atoms with Crippen LogP contribution in [0.5, 0.6) is 5.75 Å². The predicted octanol–water partition coefficient (Wildman–Crippen LogP) is 5.23. The molecule has 0 aromatic heterocycles. The zero-order chi connectivity index (χ0) is 18.2. The monoisotopic (exact) mass is 385 g/mol. The summed E-state index contributed by atoms with van der Waals surface area (Å²) < 4.78 is 5.80. The Labute approximate surface area is 165 Å². The van der Waals surface area contributed by atoms with Crippen LogP contribution < -0.4 is 10.1 Å². The van der Waals surface area contributed by atoms with E-state index in [1.54, 1.807) is 0 Å². The van der Waals surface area contributed by atoms with Gasteiger partial charge < -0.3 is 15.2 Å². The maximum Gasteiger partial charge on any atom is 0.304 e. The highest BCUT2D eigenvalue weighted by molar-refractivity contribution is 5.85. The minimum absolute atomic E-state index is 0. The number of rotatable bonds is 16. The molecule has 26 heavy (non-hydrogen) atoms. The number of carbonyl (C=O) groups is 1. The van der Waals surface area contributed by atoms with Gasteiger partial charge in [0.15, 0.2) is 0 Å². The Bertz CT molecular complexity index is 451. The Morgan fingerprint density at radius 2 is 1.62 bits per heavy atom. The van der Waals surface area contributed by atoms with Crippen LogP contribution in [0.25, 0.3) is 0 Å². The van der Waals surface area contributed by atoms with Crippen molar-refractivity contribution in [2.75, 3.05) is 19.7 Å². The fourth-order valence-corrected chi connectivity index (χ4v) is 2.74. The third-order valence-electron chi connectivity index (χ3n) is 4.27. The van der Waals surface area contributed by atoms with Crippen molar-refractivity contribution in [1.82, 2.24) is 5.32 Å². The molecular weight excluding hydrogens is 350 g/mol. The molecule has 1 aromatic carbocycles. The van der Waals surface area contributed by atoms with Crippen LogP contribution >= 0.6 is 12.4 Å². The van der Waals surface area contributed by atoms with E-state index < -0.39 is 5.97 Å². The summed E-state index contributed by atoms with van der Waals surface area (Å²) in [6.45, 7) is 4.45. The number of benzene rings is 1. The van der Waals surface area contributed by atoms with Gasteiger partial charge in [-0.3, -0.25) is 4.79 Å². The van der Waals surface area contributed by atoms with Crippen molar-refractivity contribution in [2.24, 2.45) is 0 Å². The summed E-state index contributed by atoms with van der Waals surface area (Å²) in [5, 5.41) is 11.7. The molecule has 0 amide bonds. The highest BCUT2D eigenvalue weighted by Gasteiger charge is 1.98. The van der Waals surface area contributed by atoms with Crippen LogP contribution in [0.15, 0.2) is 24.3 Å². The number of aliphatic carboxylic acids is 1. The maximum atomic E-state index is 10.4.